The Morgan fingerprint density at radius 3 is 3.00 bits per heavy atom. The quantitative estimate of drug-likeness (QED) is 0.767. The van der Waals surface area contributed by atoms with Gasteiger partial charge >= 0.3 is 0 Å². The first kappa shape index (κ1) is 13.6. The average molecular weight is 260 g/mol. The number of carbonyl (C=O) groups excluding carboxylic acids is 1. The van der Waals surface area contributed by atoms with Crippen molar-refractivity contribution in [2.45, 2.75) is 20.3 Å². The second kappa shape index (κ2) is 5.89. The van der Waals surface area contributed by atoms with Gasteiger partial charge in [-0.1, -0.05) is 25.1 Å². The molecule has 0 saturated heterocycles. The fourth-order valence-corrected chi connectivity index (χ4v) is 2.10. The van der Waals surface area contributed by atoms with Crippen LogP contribution < -0.4 is 5.32 Å². The standard InChI is InChI=1S/C15H20N2O2/c1-10(9-18)7-16-14(19)6-12-8-17-15-11(2)4-3-5-13(12)15/h3-5,8,10,17-18H,6-7,9H2,1-2H3,(H,16,19). The van der Waals surface area contributed by atoms with Gasteiger partial charge in [-0.3, -0.25) is 4.79 Å². The monoisotopic (exact) mass is 260 g/mol. The highest BCUT2D eigenvalue weighted by Crippen LogP contribution is 2.21. The van der Waals surface area contributed by atoms with E-state index in [-0.39, 0.29) is 18.4 Å². The minimum Gasteiger partial charge on any atom is -0.396 e. The number of aromatic amines is 1. The molecular formula is C15H20N2O2. The van der Waals surface area contributed by atoms with Gasteiger partial charge in [0.15, 0.2) is 0 Å². The summed E-state index contributed by atoms with van der Waals surface area (Å²) in [6.07, 6.45) is 2.26. The van der Waals surface area contributed by atoms with Crippen molar-refractivity contribution in [1.82, 2.24) is 10.3 Å². The van der Waals surface area contributed by atoms with E-state index in [1.165, 1.54) is 5.56 Å². The number of aryl methyl sites for hydroxylation is 1. The third-order valence-electron chi connectivity index (χ3n) is 3.32. The summed E-state index contributed by atoms with van der Waals surface area (Å²) >= 11 is 0. The predicted molar refractivity (Wildman–Crippen MR) is 76.0 cm³/mol. The first-order valence-electron chi connectivity index (χ1n) is 6.55. The number of rotatable bonds is 5. The fourth-order valence-electron chi connectivity index (χ4n) is 2.10. The number of para-hydroxylation sites is 1. The molecule has 2 rings (SSSR count). The molecule has 0 aliphatic carbocycles. The summed E-state index contributed by atoms with van der Waals surface area (Å²) in [6.45, 7) is 4.55. The number of fused-ring (bicyclic) bond motifs is 1. The maximum Gasteiger partial charge on any atom is 0.224 e. The van der Waals surface area contributed by atoms with E-state index in [2.05, 4.69) is 10.3 Å². The van der Waals surface area contributed by atoms with Crippen molar-refractivity contribution >= 4 is 16.8 Å². The van der Waals surface area contributed by atoms with Crippen molar-refractivity contribution in [2.24, 2.45) is 5.92 Å². The number of benzene rings is 1. The topological polar surface area (TPSA) is 65.1 Å². The van der Waals surface area contributed by atoms with Crippen LogP contribution in [0.5, 0.6) is 0 Å². The van der Waals surface area contributed by atoms with Crippen LogP contribution >= 0.6 is 0 Å². The van der Waals surface area contributed by atoms with Gasteiger partial charge in [-0.25, -0.2) is 0 Å². The summed E-state index contributed by atoms with van der Waals surface area (Å²) in [7, 11) is 0. The van der Waals surface area contributed by atoms with Gasteiger partial charge in [-0.2, -0.15) is 0 Å². The zero-order chi connectivity index (χ0) is 13.8. The lowest BCUT2D eigenvalue weighted by molar-refractivity contribution is -0.120. The molecule has 1 heterocycles. The third kappa shape index (κ3) is 3.15. The second-order valence-electron chi connectivity index (χ2n) is 5.08. The minimum atomic E-state index is -0.0114. The number of nitrogens with one attached hydrogen (secondary N) is 2. The van der Waals surface area contributed by atoms with Gasteiger partial charge in [0.25, 0.3) is 0 Å². The van der Waals surface area contributed by atoms with Crippen molar-refractivity contribution in [1.29, 1.82) is 0 Å². The van der Waals surface area contributed by atoms with E-state index in [1.54, 1.807) is 0 Å². The number of H-pyrrole nitrogens is 1. The smallest absolute Gasteiger partial charge is 0.224 e. The molecule has 0 bridgehead atoms. The summed E-state index contributed by atoms with van der Waals surface area (Å²) in [5.41, 5.74) is 3.28. The molecule has 1 unspecified atom stereocenters. The van der Waals surface area contributed by atoms with Gasteiger partial charge in [0.05, 0.1) is 6.42 Å². The Kier molecular flexibility index (Phi) is 4.22. The molecular weight excluding hydrogens is 240 g/mol. The normalized spacial score (nSPS) is 12.6. The van der Waals surface area contributed by atoms with Crippen molar-refractivity contribution in [3.63, 3.8) is 0 Å². The van der Waals surface area contributed by atoms with Gasteiger partial charge in [0, 0.05) is 30.3 Å². The highest BCUT2D eigenvalue weighted by Gasteiger charge is 2.10. The summed E-state index contributed by atoms with van der Waals surface area (Å²) in [5, 5.41) is 12.9. The molecule has 4 heteroatoms. The van der Waals surface area contributed by atoms with Crippen LogP contribution in [0.2, 0.25) is 0 Å². The minimum absolute atomic E-state index is 0.0114. The molecule has 4 nitrogen and oxygen atoms in total. The van der Waals surface area contributed by atoms with Gasteiger partial charge in [-0.15, -0.1) is 0 Å². The van der Waals surface area contributed by atoms with Gasteiger partial charge in [0.1, 0.15) is 0 Å². The molecule has 1 aromatic carbocycles. The van der Waals surface area contributed by atoms with Gasteiger partial charge < -0.3 is 15.4 Å². The molecule has 0 radical (unpaired) electrons. The fraction of sp³-hybridized carbons (Fsp3) is 0.400. The Labute approximate surface area is 112 Å². The summed E-state index contributed by atoms with van der Waals surface area (Å²) in [5.74, 6) is 0.0804. The highest BCUT2D eigenvalue weighted by molar-refractivity contribution is 5.90. The molecule has 0 aliphatic rings. The lowest BCUT2D eigenvalue weighted by Crippen LogP contribution is -2.30. The van der Waals surface area contributed by atoms with E-state index in [1.807, 2.05) is 38.2 Å². The van der Waals surface area contributed by atoms with E-state index in [9.17, 15) is 4.79 Å². The predicted octanol–water partition coefficient (Wildman–Crippen LogP) is 1.76. The second-order valence-corrected chi connectivity index (χ2v) is 5.08. The average Bonchev–Trinajstić information content (AvgIpc) is 2.81. The molecule has 19 heavy (non-hydrogen) atoms. The Bertz CT molecular complexity index is 575. The van der Waals surface area contributed by atoms with E-state index in [0.29, 0.717) is 13.0 Å². The largest absolute Gasteiger partial charge is 0.396 e. The number of hydrogen-bond acceptors (Lipinski definition) is 2. The Morgan fingerprint density at radius 1 is 1.47 bits per heavy atom. The van der Waals surface area contributed by atoms with Crippen LogP contribution in [0.4, 0.5) is 0 Å². The van der Waals surface area contributed by atoms with Crippen molar-refractivity contribution in [3.8, 4) is 0 Å². The summed E-state index contributed by atoms with van der Waals surface area (Å²) in [4.78, 5) is 15.1. The molecule has 3 N–H and O–H groups in total. The molecule has 0 aliphatic heterocycles. The van der Waals surface area contributed by atoms with Crippen LogP contribution in [0, 0.1) is 12.8 Å². The molecule has 0 spiro atoms. The Balaban J connectivity index is 2.05. The third-order valence-corrected chi connectivity index (χ3v) is 3.32. The van der Waals surface area contributed by atoms with Crippen LogP contribution in [-0.2, 0) is 11.2 Å². The number of amides is 1. The maximum absolute atomic E-state index is 11.9. The molecule has 1 atom stereocenters. The van der Waals surface area contributed by atoms with E-state index in [0.717, 1.165) is 16.5 Å². The van der Waals surface area contributed by atoms with E-state index >= 15 is 0 Å². The SMILES string of the molecule is Cc1cccc2c(CC(=O)NCC(C)CO)c[nH]c12. The number of hydrogen-bond donors (Lipinski definition) is 3. The number of carbonyl (C=O) groups is 1. The summed E-state index contributed by atoms with van der Waals surface area (Å²) < 4.78 is 0. The van der Waals surface area contributed by atoms with Gasteiger partial charge in [0.2, 0.25) is 5.91 Å². The van der Waals surface area contributed by atoms with Crippen molar-refractivity contribution in [2.75, 3.05) is 13.2 Å². The maximum atomic E-state index is 11.9. The summed E-state index contributed by atoms with van der Waals surface area (Å²) in [6, 6.07) is 6.07. The van der Waals surface area contributed by atoms with Gasteiger partial charge in [-0.05, 0) is 24.0 Å². The van der Waals surface area contributed by atoms with Crippen LogP contribution in [0.1, 0.15) is 18.1 Å². The Morgan fingerprint density at radius 2 is 2.26 bits per heavy atom. The molecule has 2 aromatic rings. The molecule has 1 amide bonds. The Hall–Kier alpha value is -1.81. The molecule has 1 aromatic heterocycles. The van der Waals surface area contributed by atoms with E-state index in [4.69, 9.17) is 5.11 Å². The zero-order valence-electron chi connectivity index (χ0n) is 11.4. The highest BCUT2D eigenvalue weighted by atomic mass is 16.3. The van der Waals surface area contributed by atoms with Crippen LogP contribution in [-0.4, -0.2) is 29.1 Å². The zero-order valence-corrected chi connectivity index (χ0v) is 11.4. The number of aliphatic hydroxyl groups excluding tert-OH is 1. The van der Waals surface area contributed by atoms with Crippen molar-refractivity contribution < 1.29 is 9.90 Å². The molecule has 0 fully saturated rings. The van der Waals surface area contributed by atoms with E-state index < -0.39 is 0 Å². The first-order chi connectivity index (χ1) is 9.11. The van der Waals surface area contributed by atoms with Crippen LogP contribution in [0.3, 0.4) is 0 Å². The van der Waals surface area contributed by atoms with Crippen LogP contribution in [0.15, 0.2) is 24.4 Å². The number of aliphatic hydroxyl groups is 1. The molecule has 0 saturated carbocycles. The first-order valence-corrected chi connectivity index (χ1v) is 6.55. The number of aromatic nitrogens is 1. The van der Waals surface area contributed by atoms with Crippen molar-refractivity contribution in [3.05, 3.63) is 35.5 Å². The molecule has 102 valence electrons. The lowest BCUT2D eigenvalue weighted by atomic mass is 10.1. The lowest BCUT2D eigenvalue weighted by Gasteiger charge is -2.09. The van der Waals surface area contributed by atoms with Crippen LogP contribution in [0.25, 0.3) is 10.9 Å².